The first kappa shape index (κ1) is 14.5. The molecule has 1 aromatic rings. The van der Waals surface area contributed by atoms with Crippen LogP contribution in [0.4, 0.5) is 4.39 Å². The van der Waals surface area contributed by atoms with Crippen molar-refractivity contribution in [1.82, 2.24) is 10.2 Å². The van der Waals surface area contributed by atoms with Crippen LogP contribution in [-0.4, -0.2) is 36.5 Å². The van der Waals surface area contributed by atoms with Gasteiger partial charge in [0.1, 0.15) is 5.82 Å². The van der Waals surface area contributed by atoms with Gasteiger partial charge in [0.15, 0.2) is 0 Å². The fourth-order valence-electron chi connectivity index (χ4n) is 3.33. The van der Waals surface area contributed by atoms with Crippen LogP contribution in [-0.2, 0) is 4.79 Å². The van der Waals surface area contributed by atoms with Crippen molar-refractivity contribution in [1.29, 1.82) is 0 Å². The molecule has 3 rings (SSSR count). The predicted octanol–water partition coefficient (Wildman–Crippen LogP) is 2.67. The summed E-state index contributed by atoms with van der Waals surface area (Å²) in [5, 5.41) is 3.32. The minimum Gasteiger partial charge on any atom is -0.342 e. The van der Waals surface area contributed by atoms with Gasteiger partial charge in [-0.25, -0.2) is 4.39 Å². The summed E-state index contributed by atoms with van der Waals surface area (Å²) >= 11 is 0. The van der Waals surface area contributed by atoms with Crippen molar-refractivity contribution in [3.05, 3.63) is 35.6 Å². The Hall–Kier alpha value is -1.42. The van der Waals surface area contributed by atoms with Gasteiger partial charge in [0.25, 0.3) is 0 Å². The number of piperidine rings is 1. The minimum atomic E-state index is -0.106. The van der Waals surface area contributed by atoms with Crippen molar-refractivity contribution in [2.75, 3.05) is 19.6 Å². The Kier molecular flexibility index (Phi) is 4.54. The van der Waals surface area contributed by atoms with Crippen LogP contribution >= 0.6 is 0 Å². The molecule has 0 radical (unpaired) electrons. The topological polar surface area (TPSA) is 32.3 Å². The van der Waals surface area contributed by atoms with Gasteiger partial charge in [-0.1, -0.05) is 18.2 Å². The van der Waals surface area contributed by atoms with Crippen LogP contribution < -0.4 is 5.32 Å². The SMILES string of the molecule is O=C(CNC1CC(c2ccccc2F)C1)N1CCCCC1. The second-order valence-corrected chi connectivity index (χ2v) is 6.21. The molecule has 114 valence electrons. The second-order valence-electron chi connectivity index (χ2n) is 6.21. The number of amides is 1. The van der Waals surface area contributed by atoms with E-state index < -0.39 is 0 Å². The van der Waals surface area contributed by atoms with E-state index in [2.05, 4.69) is 5.32 Å². The molecule has 4 heteroatoms. The Balaban J connectivity index is 1.41. The molecule has 1 saturated carbocycles. The number of rotatable bonds is 4. The number of halogens is 1. The molecule has 21 heavy (non-hydrogen) atoms. The molecule has 3 nitrogen and oxygen atoms in total. The predicted molar refractivity (Wildman–Crippen MR) is 80.6 cm³/mol. The molecule has 1 amide bonds. The van der Waals surface area contributed by atoms with Crippen LogP contribution in [0.15, 0.2) is 24.3 Å². The summed E-state index contributed by atoms with van der Waals surface area (Å²) in [7, 11) is 0. The fourth-order valence-corrected chi connectivity index (χ4v) is 3.33. The third kappa shape index (κ3) is 3.43. The smallest absolute Gasteiger partial charge is 0.236 e. The van der Waals surface area contributed by atoms with E-state index in [9.17, 15) is 9.18 Å². The number of carbonyl (C=O) groups excluding carboxylic acids is 1. The maximum Gasteiger partial charge on any atom is 0.236 e. The molecule has 1 aliphatic heterocycles. The summed E-state index contributed by atoms with van der Waals surface area (Å²) in [6.45, 7) is 2.24. The molecule has 0 unspecified atom stereocenters. The van der Waals surface area contributed by atoms with Crippen molar-refractivity contribution in [2.45, 2.75) is 44.1 Å². The van der Waals surface area contributed by atoms with Gasteiger partial charge in [-0.15, -0.1) is 0 Å². The number of hydrogen-bond donors (Lipinski definition) is 1. The van der Waals surface area contributed by atoms with Crippen LogP contribution in [0, 0.1) is 5.82 Å². The van der Waals surface area contributed by atoms with Crippen LogP contribution in [0.3, 0.4) is 0 Å². The second kappa shape index (κ2) is 6.56. The number of nitrogens with zero attached hydrogens (tertiary/aromatic N) is 1. The molecular weight excluding hydrogens is 267 g/mol. The molecule has 0 atom stereocenters. The average molecular weight is 290 g/mol. The Bertz CT molecular complexity index is 493. The molecule has 2 aliphatic rings. The molecule has 2 fully saturated rings. The normalized spacial score (nSPS) is 25.5. The third-order valence-corrected chi connectivity index (χ3v) is 4.73. The molecule has 0 spiro atoms. The molecule has 1 heterocycles. The van der Waals surface area contributed by atoms with Gasteiger partial charge in [0, 0.05) is 19.1 Å². The molecule has 1 N–H and O–H groups in total. The van der Waals surface area contributed by atoms with Gasteiger partial charge < -0.3 is 10.2 Å². The highest BCUT2D eigenvalue weighted by Gasteiger charge is 2.32. The van der Waals surface area contributed by atoms with Crippen LogP contribution in [0.25, 0.3) is 0 Å². The number of hydrogen-bond acceptors (Lipinski definition) is 2. The standard InChI is InChI=1S/C17H23FN2O/c18-16-7-3-2-6-15(16)13-10-14(11-13)19-12-17(21)20-8-4-1-5-9-20/h2-3,6-7,13-14,19H,1,4-5,8-12H2. The quantitative estimate of drug-likeness (QED) is 0.924. The minimum absolute atomic E-state index is 0.106. The lowest BCUT2D eigenvalue weighted by atomic mass is 9.75. The Labute approximate surface area is 125 Å². The van der Waals surface area contributed by atoms with E-state index in [0.717, 1.165) is 44.3 Å². The van der Waals surface area contributed by atoms with Gasteiger partial charge in [-0.3, -0.25) is 4.79 Å². The van der Waals surface area contributed by atoms with Crippen LogP contribution in [0.5, 0.6) is 0 Å². The van der Waals surface area contributed by atoms with Crippen molar-refractivity contribution in [3.8, 4) is 0 Å². The van der Waals surface area contributed by atoms with E-state index in [1.54, 1.807) is 6.07 Å². The Morgan fingerprint density at radius 2 is 1.90 bits per heavy atom. The Morgan fingerprint density at radius 3 is 2.62 bits per heavy atom. The monoisotopic (exact) mass is 290 g/mol. The first-order chi connectivity index (χ1) is 10.2. The number of benzene rings is 1. The van der Waals surface area contributed by atoms with Gasteiger partial charge >= 0.3 is 0 Å². The lowest BCUT2D eigenvalue weighted by Gasteiger charge is -2.37. The number of likely N-dealkylation sites (tertiary alicyclic amines) is 1. The summed E-state index contributed by atoms with van der Waals surface area (Å²) in [5.74, 6) is 0.406. The first-order valence-electron chi connectivity index (χ1n) is 7.99. The van der Waals surface area contributed by atoms with E-state index in [4.69, 9.17) is 0 Å². The first-order valence-corrected chi connectivity index (χ1v) is 7.99. The highest BCUT2D eigenvalue weighted by Crippen LogP contribution is 2.37. The molecule has 1 aliphatic carbocycles. The summed E-state index contributed by atoms with van der Waals surface area (Å²) < 4.78 is 13.7. The summed E-state index contributed by atoms with van der Waals surface area (Å²) in [6, 6.07) is 7.36. The molecule has 1 aromatic carbocycles. The van der Waals surface area contributed by atoms with Gasteiger partial charge in [-0.2, -0.15) is 0 Å². The van der Waals surface area contributed by atoms with E-state index in [0.29, 0.717) is 18.5 Å². The zero-order valence-electron chi connectivity index (χ0n) is 12.4. The van der Waals surface area contributed by atoms with Gasteiger partial charge in [0.2, 0.25) is 5.91 Å². The molecule has 1 saturated heterocycles. The summed E-state index contributed by atoms with van der Waals surface area (Å²) in [5.41, 5.74) is 0.818. The maximum atomic E-state index is 13.7. The van der Waals surface area contributed by atoms with E-state index in [1.807, 2.05) is 17.0 Å². The van der Waals surface area contributed by atoms with Crippen molar-refractivity contribution < 1.29 is 9.18 Å². The maximum absolute atomic E-state index is 13.7. The van der Waals surface area contributed by atoms with E-state index in [1.165, 1.54) is 12.5 Å². The summed E-state index contributed by atoms with van der Waals surface area (Å²) in [4.78, 5) is 14.0. The third-order valence-electron chi connectivity index (χ3n) is 4.73. The van der Waals surface area contributed by atoms with Crippen molar-refractivity contribution in [2.24, 2.45) is 0 Å². The lowest BCUT2D eigenvalue weighted by Crippen LogP contribution is -2.47. The number of carbonyl (C=O) groups is 1. The van der Waals surface area contributed by atoms with Crippen molar-refractivity contribution in [3.63, 3.8) is 0 Å². The zero-order valence-corrected chi connectivity index (χ0v) is 12.4. The lowest BCUT2D eigenvalue weighted by molar-refractivity contribution is -0.131. The fraction of sp³-hybridized carbons (Fsp3) is 0.588. The highest BCUT2D eigenvalue weighted by atomic mass is 19.1. The van der Waals surface area contributed by atoms with E-state index in [-0.39, 0.29) is 11.7 Å². The molecular formula is C17H23FN2O. The van der Waals surface area contributed by atoms with Crippen molar-refractivity contribution >= 4 is 5.91 Å². The van der Waals surface area contributed by atoms with E-state index >= 15 is 0 Å². The van der Waals surface area contributed by atoms with Crippen LogP contribution in [0.1, 0.15) is 43.6 Å². The Morgan fingerprint density at radius 1 is 1.19 bits per heavy atom. The van der Waals surface area contributed by atoms with Gasteiger partial charge in [0.05, 0.1) is 6.54 Å². The van der Waals surface area contributed by atoms with Gasteiger partial charge in [-0.05, 0) is 49.7 Å². The molecule has 0 aromatic heterocycles. The molecule has 0 bridgehead atoms. The largest absolute Gasteiger partial charge is 0.342 e. The average Bonchev–Trinajstić information content (AvgIpc) is 2.48. The zero-order chi connectivity index (χ0) is 14.7. The number of nitrogens with one attached hydrogen (secondary N) is 1. The van der Waals surface area contributed by atoms with Crippen LogP contribution in [0.2, 0.25) is 0 Å². The highest BCUT2D eigenvalue weighted by molar-refractivity contribution is 5.78. The summed E-state index contributed by atoms with van der Waals surface area (Å²) in [6.07, 6.45) is 5.35.